The Morgan fingerprint density at radius 3 is 2.56 bits per heavy atom. The summed E-state index contributed by atoms with van der Waals surface area (Å²) in [5.41, 5.74) is 5.51. The quantitative estimate of drug-likeness (QED) is 0.302. The third-order valence-corrected chi connectivity index (χ3v) is 6.25. The molecule has 32 heavy (non-hydrogen) atoms. The van der Waals surface area contributed by atoms with Crippen molar-refractivity contribution in [1.82, 2.24) is 19.5 Å². The summed E-state index contributed by atoms with van der Waals surface area (Å²) in [6, 6.07) is 19.8. The van der Waals surface area contributed by atoms with Gasteiger partial charge in [-0.15, -0.1) is 0 Å². The number of hydrogen-bond donors (Lipinski definition) is 0. The van der Waals surface area contributed by atoms with Crippen LogP contribution in [0.5, 0.6) is 5.75 Å². The monoisotopic (exact) mass is 446 g/mol. The number of para-hydroxylation sites is 1. The van der Waals surface area contributed by atoms with Crippen molar-refractivity contribution in [2.75, 3.05) is 19.9 Å². The molecule has 0 fully saturated rings. The molecule has 4 rings (SSSR count). The Labute approximate surface area is 192 Å². The third-order valence-electron chi connectivity index (χ3n) is 5.27. The van der Waals surface area contributed by atoms with Crippen LogP contribution in [0.2, 0.25) is 0 Å². The van der Waals surface area contributed by atoms with Gasteiger partial charge in [-0.05, 0) is 31.5 Å². The number of aromatic nitrogens is 3. The van der Waals surface area contributed by atoms with E-state index in [1.165, 1.54) is 11.8 Å². The summed E-state index contributed by atoms with van der Waals surface area (Å²) in [5.74, 6) is 1.17. The van der Waals surface area contributed by atoms with Crippen LogP contribution in [0.1, 0.15) is 17.0 Å². The molecule has 164 valence electrons. The van der Waals surface area contributed by atoms with Gasteiger partial charge in [0.2, 0.25) is 5.91 Å². The van der Waals surface area contributed by atoms with E-state index < -0.39 is 0 Å². The summed E-state index contributed by atoms with van der Waals surface area (Å²) in [5, 5.41) is 5.64. The molecule has 0 N–H and O–H groups in total. The molecular weight excluding hydrogens is 420 g/mol. The molecule has 7 heteroatoms. The maximum atomic E-state index is 12.8. The predicted octanol–water partition coefficient (Wildman–Crippen LogP) is 4.77. The molecule has 0 spiro atoms. The normalized spacial score (nSPS) is 11.0. The van der Waals surface area contributed by atoms with Gasteiger partial charge >= 0.3 is 0 Å². The molecule has 2 aromatic carbocycles. The Morgan fingerprint density at radius 1 is 1.09 bits per heavy atom. The maximum Gasteiger partial charge on any atom is 0.233 e. The van der Waals surface area contributed by atoms with Crippen molar-refractivity contribution < 1.29 is 9.53 Å². The molecule has 2 heterocycles. The first kappa shape index (κ1) is 21.9. The zero-order valence-corrected chi connectivity index (χ0v) is 19.5. The highest BCUT2D eigenvalue weighted by atomic mass is 32.2. The molecule has 0 saturated heterocycles. The van der Waals surface area contributed by atoms with Gasteiger partial charge in [0.25, 0.3) is 0 Å². The summed E-state index contributed by atoms with van der Waals surface area (Å²) in [4.78, 5) is 19.3. The second-order valence-electron chi connectivity index (χ2n) is 7.66. The van der Waals surface area contributed by atoms with Gasteiger partial charge in [0.1, 0.15) is 10.8 Å². The van der Waals surface area contributed by atoms with Crippen molar-refractivity contribution >= 4 is 23.3 Å². The first-order valence-corrected chi connectivity index (χ1v) is 11.4. The van der Waals surface area contributed by atoms with E-state index in [1.54, 1.807) is 12.0 Å². The van der Waals surface area contributed by atoms with Crippen molar-refractivity contribution in [2.45, 2.75) is 25.4 Å². The highest BCUT2D eigenvalue weighted by molar-refractivity contribution is 7.99. The molecule has 1 amide bonds. The second kappa shape index (κ2) is 9.44. The number of carbonyl (C=O) groups is 1. The van der Waals surface area contributed by atoms with Crippen LogP contribution in [0.25, 0.3) is 16.8 Å². The summed E-state index contributed by atoms with van der Waals surface area (Å²) in [7, 11) is 3.50. The fourth-order valence-corrected chi connectivity index (χ4v) is 4.67. The van der Waals surface area contributed by atoms with Crippen LogP contribution in [0.15, 0.2) is 65.7 Å². The van der Waals surface area contributed by atoms with E-state index in [2.05, 4.69) is 0 Å². The smallest absolute Gasteiger partial charge is 0.233 e. The minimum Gasteiger partial charge on any atom is -0.496 e. The lowest BCUT2D eigenvalue weighted by Crippen LogP contribution is -2.27. The number of thioether (sulfide) groups is 1. The zero-order chi connectivity index (χ0) is 22.7. The van der Waals surface area contributed by atoms with Gasteiger partial charge in [0.05, 0.1) is 24.1 Å². The highest BCUT2D eigenvalue weighted by Gasteiger charge is 2.20. The molecule has 6 nitrogen and oxygen atoms in total. The molecule has 2 aromatic heterocycles. The molecule has 0 aliphatic carbocycles. The largest absolute Gasteiger partial charge is 0.496 e. The van der Waals surface area contributed by atoms with E-state index in [9.17, 15) is 4.79 Å². The topological polar surface area (TPSA) is 59.7 Å². The van der Waals surface area contributed by atoms with Crippen LogP contribution in [0.4, 0.5) is 0 Å². The molecule has 0 radical (unpaired) electrons. The van der Waals surface area contributed by atoms with E-state index in [1.807, 2.05) is 86.1 Å². The number of ether oxygens (including phenoxy) is 1. The van der Waals surface area contributed by atoms with Crippen molar-refractivity contribution in [3.05, 3.63) is 77.6 Å². The van der Waals surface area contributed by atoms with Gasteiger partial charge in [-0.25, -0.2) is 9.50 Å². The van der Waals surface area contributed by atoms with E-state index in [0.717, 1.165) is 44.5 Å². The first-order valence-electron chi connectivity index (χ1n) is 10.4. The number of benzene rings is 2. The Morgan fingerprint density at radius 2 is 1.81 bits per heavy atom. The average Bonchev–Trinajstić information content (AvgIpc) is 3.13. The Balaban J connectivity index is 1.61. The first-order chi connectivity index (χ1) is 15.5. The predicted molar refractivity (Wildman–Crippen MR) is 128 cm³/mol. The van der Waals surface area contributed by atoms with Crippen molar-refractivity contribution in [1.29, 1.82) is 0 Å². The van der Waals surface area contributed by atoms with Crippen LogP contribution < -0.4 is 4.74 Å². The lowest BCUT2D eigenvalue weighted by Gasteiger charge is -2.17. The molecule has 0 saturated carbocycles. The molecule has 0 bridgehead atoms. The Kier molecular flexibility index (Phi) is 6.46. The summed E-state index contributed by atoms with van der Waals surface area (Å²) < 4.78 is 7.40. The number of aryl methyl sites for hydroxylation is 2. The Hall–Kier alpha value is -3.32. The van der Waals surface area contributed by atoms with Gasteiger partial charge < -0.3 is 9.64 Å². The third kappa shape index (κ3) is 4.48. The summed E-state index contributed by atoms with van der Waals surface area (Å²) >= 11 is 1.48. The van der Waals surface area contributed by atoms with E-state index in [0.29, 0.717) is 12.3 Å². The van der Waals surface area contributed by atoms with Gasteiger partial charge in [-0.1, -0.05) is 60.3 Å². The molecule has 0 atom stereocenters. The lowest BCUT2D eigenvalue weighted by molar-refractivity contribution is -0.127. The second-order valence-corrected chi connectivity index (χ2v) is 8.65. The molecule has 0 aliphatic heterocycles. The molecular formula is C25H26N4O2S. The van der Waals surface area contributed by atoms with Gasteiger partial charge in [-0.3, -0.25) is 4.79 Å². The molecule has 0 unspecified atom stereocenters. The maximum absolute atomic E-state index is 12.8. The number of nitrogens with zero attached hydrogens (tertiary/aromatic N) is 4. The average molecular weight is 447 g/mol. The minimum absolute atomic E-state index is 0.0651. The standard InChI is InChI=1S/C25H26N4O2S/c1-17-14-23(32-16-22(30)28(3)15-19-10-6-5-7-11-19)29-25(26-17)24(18(2)27-29)20-12-8-9-13-21(20)31-4/h5-14H,15-16H2,1-4H3. The van der Waals surface area contributed by atoms with Crippen molar-refractivity contribution in [2.24, 2.45) is 0 Å². The molecule has 0 aliphatic rings. The number of rotatable bonds is 7. The number of fused-ring (bicyclic) bond motifs is 1. The van der Waals surface area contributed by atoms with Crippen molar-refractivity contribution in [3.63, 3.8) is 0 Å². The van der Waals surface area contributed by atoms with E-state index in [4.69, 9.17) is 14.8 Å². The van der Waals surface area contributed by atoms with E-state index in [-0.39, 0.29) is 5.91 Å². The number of hydrogen-bond acceptors (Lipinski definition) is 5. The number of methoxy groups -OCH3 is 1. The van der Waals surface area contributed by atoms with Crippen LogP contribution in [-0.4, -0.2) is 45.3 Å². The highest BCUT2D eigenvalue weighted by Crippen LogP contribution is 2.35. The van der Waals surface area contributed by atoms with Crippen LogP contribution >= 0.6 is 11.8 Å². The van der Waals surface area contributed by atoms with Crippen LogP contribution in [0.3, 0.4) is 0 Å². The van der Waals surface area contributed by atoms with Gasteiger partial charge in [0, 0.05) is 24.8 Å². The summed E-state index contributed by atoms with van der Waals surface area (Å²) in [6.07, 6.45) is 0. The number of amides is 1. The summed E-state index contributed by atoms with van der Waals surface area (Å²) in [6.45, 7) is 4.52. The van der Waals surface area contributed by atoms with Crippen LogP contribution in [-0.2, 0) is 11.3 Å². The Bertz CT molecular complexity index is 1250. The van der Waals surface area contributed by atoms with Crippen LogP contribution in [0, 0.1) is 13.8 Å². The SMILES string of the molecule is COc1ccccc1-c1c(C)nn2c(SCC(=O)N(C)Cc3ccccc3)cc(C)nc12. The van der Waals surface area contributed by atoms with Gasteiger partial charge in [0.15, 0.2) is 5.65 Å². The fraction of sp³-hybridized carbons (Fsp3) is 0.240. The fourth-order valence-electron chi connectivity index (χ4n) is 3.67. The van der Waals surface area contributed by atoms with E-state index >= 15 is 0 Å². The minimum atomic E-state index is 0.0651. The van der Waals surface area contributed by atoms with Crippen molar-refractivity contribution in [3.8, 4) is 16.9 Å². The lowest BCUT2D eigenvalue weighted by atomic mass is 10.1. The zero-order valence-electron chi connectivity index (χ0n) is 18.7. The molecule has 4 aromatic rings. The number of carbonyl (C=O) groups excluding carboxylic acids is 1. The van der Waals surface area contributed by atoms with Gasteiger partial charge in [-0.2, -0.15) is 5.10 Å².